The van der Waals surface area contributed by atoms with Gasteiger partial charge in [0.05, 0.1) is 11.9 Å². The molecular weight excluding hydrogens is 226 g/mol. The van der Waals surface area contributed by atoms with Gasteiger partial charge in [-0.25, -0.2) is 4.98 Å². The fraction of sp³-hybridized carbons (Fsp3) is 0.143. The van der Waals surface area contributed by atoms with Crippen molar-refractivity contribution in [3.63, 3.8) is 0 Å². The Kier molecular flexibility index (Phi) is 3.57. The summed E-state index contributed by atoms with van der Waals surface area (Å²) in [7, 11) is 1.81. The molecule has 2 rings (SSSR count). The molecule has 0 aliphatic rings. The van der Waals surface area contributed by atoms with Crippen LogP contribution in [0.15, 0.2) is 42.6 Å². The molecule has 92 valence electrons. The number of carbonyl (C=O) groups is 1. The maximum atomic E-state index is 12.0. The van der Waals surface area contributed by atoms with E-state index in [4.69, 9.17) is 0 Å². The zero-order valence-corrected chi connectivity index (χ0v) is 10.4. The lowest BCUT2D eigenvalue weighted by molar-refractivity contribution is 0.102. The molecule has 1 heterocycles. The molecule has 4 nitrogen and oxygen atoms in total. The van der Waals surface area contributed by atoms with Crippen LogP contribution in [0.1, 0.15) is 16.1 Å². The van der Waals surface area contributed by atoms with Gasteiger partial charge in [0.25, 0.3) is 5.91 Å². The van der Waals surface area contributed by atoms with Crippen molar-refractivity contribution >= 4 is 17.3 Å². The summed E-state index contributed by atoms with van der Waals surface area (Å²) in [5, 5.41) is 5.80. The first kappa shape index (κ1) is 12.1. The van der Waals surface area contributed by atoms with Crippen molar-refractivity contribution < 1.29 is 4.79 Å². The Morgan fingerprint density at radius 3 is 2.56 bits per heavy atom. The molecule has 2 aromatic rings. The number of para-hydroxylation sites is 1. The first-order chi connectivity index (χ1) is 8.70. The highest BCUT2D eigenvalue weighted by Gasteiger charge is 2.08. The molecule has 4 heteroatoms. The molecular formula is C14H15N3O. The standard InChI is InChI=1S/C14H15N3O/c1-10-5-3-4-6-12(10)17-14(18)13-8-7-11(15-2)9-16-13/h3-9,15H,1-2H3,(H,17,18). The van der Waals surface area contributed by atoms with Crippen LogP contribution in [0.3, 0.4) is 0 Å². The molecule has 0 spiro atoms. The van der Waals surface area contributed by atoms with Crippen LogP contribution in [0.2, 0.25) is 0 Å². The van der Waals surface area contributed by atoms with E-state index in [-0.39, 0.29) is 5.91 Å². The fourth-order valence-electron chi connectivity index (χ4n) is 1.58. The van der Waals surface area contributed by atoms with Crippen LogP contribution in [0, 0.1) is 6.92 Å². The summed E-state index contributed by atoms with van der Waals surface area (Å²) in [6.07, 6.45) is 1.63. The minimum absolute atomic E-state index is 0.202. The van der Waals surface area contributed by atoms with E-state index in [0.717, 1.165) is 16.9 Å². The van der Waals surface area contributed by atoms with Crippen LogP contribution in [0.4, 0.5) is 11.4 Å². The van der Waals surface area contributed by atoms with E-state index in [9.17, 15) is 4.79 Å². The maximum Gasteiger partial charge on any atom is 0.274 e. The fourth-order valence-corrected chi connectivity index (χ4v) is 1.58. The van der Waals surface area contributed by atoms with Gasteiger partial charge in [0.1, 0.15) is 5.69 Å². The van der Waals surface area contributed by atoms with Crippen molar-refractivity contribution in [3.8, 4) is 0 Å². The Balaban J connectivity index is 2.14. The number of amides is 1. The number of benzene rings is 1. The summed E-state index contributed by atoms with van der Waals surface area (Å²) in [6.45, 7) is 1.95. The smallest absolute Gasteiger partial charge is 0.274 e. The number of carbonyl (C=O) groups excluding carboxylic acids is 1. The Morgan fingerprint density at radius 1 is 1.17 bits per heavy atom. The molecule has 2 N–H and O–H groups in total. The van der Waals surface area contributed by atoms with E-state index in [1.807, 2.05) is 44.3 Å². The second-order valence-electron chi connectivity index (χ2n) is 3.95. The van der Waals surface area contributed by atoms with Gasteiger partial charge >= 0.3 is 0 Å². The van der Waals surface area contributed by atoms with Gasteiger partial charge in [-0.1, -0.05) is 18.2 Å². The van der Waals surface area contributed by atoms with Gasteiger partial charge in [-0.05, 0) is 30.7 Å². The minimum atomic E-state index is -0.202. The summed E-state index contributed by atoms with van der Waals surface area (Å²) in [4.78, 5) is 16.1. The zero-order valence-electron chi connectivity index (χ0n) is 10.4. The second-order valence-corrected chi connectivity index (χ2v) is 3.95. The second kappa shape index (κ2) is 5.31. The average Bonchev–Trinajstić information content (AvgIpc) is 2.41. The molecule has 0 fully saturated rings. The molecule has 1 aromatic carbocycles. The van der Waals surface area contributed by atoms with Gasteiger partial charge in [-0.2, -0.15) is 0 Å². The van der Waals surface area contributed by atoms with Gasteiger partial charge < -0.3 is 10.6 Å². The highest BCUT2D eigenvalue weighted by atomic mass is 16.1. The van der Waals surface area contributed by atoms with Crippen molar-refractivity contribution in [3.05, 3.63) is 53.9 Å². The van der Waals surface area contributed by atoms with Gasteiger partial charge in [-0.15, -0.1) is 0 Å². The normalized spacial score (nSPS) is 9.89. The molecule has 0 saturated carbocycles. The molecule has 0 saturated heterocycles. The largest absolute Gasteiger partial charge is 0.387 e. The van der Waals surface area contributed by atoms with Gasteiger partial charge in [-0.3, -0.25) is 4.79 Å². The van der Waals surface area contributed by atoms with Crippen LogP contribution >= 0.6 is 0 Å². The summed E-state index contributed by atoms with van der Waals surface area (Å²) in [6, 6.07) is 11.2. The SMILES string of the molecule is CNc1ccc(C(=O)Nc2ccccc2C)nc1. The topological polar surface area (TPSA) is 54.0 Å². The first-order valence-electron chi connectivity index (χ1n) is 5.71. The molecule has 0 aliphatic heterocycles. The van der Waals surface area contributed by atoms with E-state index in [0.29, 0.717) is 5.69 Å². The highest BCUT2D eigenvalue weighted by molar-refractivity contribution is 6.03. The first-order valence-corrected chi connectivity index (χ1v) is 5.71. The number of pyridine rings is 1. The number of aromatic nitrogens is 1. The molecule has 0 atom stereocenters. The molecule has 0 aliphatic carbocycles. The van der Waals surface area contributed by atoms with E-state index < -0.39 is 0 Å². The van der Waals surface area contributed by atoms with E-state index in [1.165, 1.54) is 0 Å². The Morgan fingerprint density at radius 2 is 1.94 bits per heavy atom. The highest BCUT2D eigenvalue weighted by Crippen LogP contribution is 2.14. The average molecular weight is 241 g/mol. The third kappa shape index (κ3) is 2.66. The van der Waals surface area contributed by atoms with Crippen LogP contribution in [-0.2, 0) is 0 Å². The Hall–Kier alpha value is -2.36. The molecule has 1 aromatic heterocycles. The summed E-state index contributed by atoms with van der Waals surface area (Å²) >= 11 is 0. The van der Waals surface area contributed by atoms with Crippen LogP contribution in [0.25, 0.3) is 0 Å². The monoisotopic (exact) mass is 241 g/mol. The minimum Gasteiger partial charge on any atom is -0.387 e. The lowest BCUT2D eigenvalue weighted by atomic mass is 10.2. The molecule has 0 radical (unpaired) electrons. The van der Waals surface area contributed by atoms with Gasteiger partial charge in [0, 0.05) is 12.7 Å². The van der Waals surface area contributed by atoms with Crippen molar-refractivity contribution in [1.82, 2.24) is 4.98 Å². The lowest BCUT2D eigenvalue weighted by Gasteiger charge is -2.07. The summed E-state index contributed by atoms with van der Waals surface area (Å²) < 4.78 is 0. The Bertz CT molecular complexity index is 549. The van der Waals surface area contributed by atoms with Crippen molar-refractivity contribution in [2.24, 2.45) is 0 Å². The van der Waals surface area contributed by atoms with Crippen molar-refractivity contribution in [2.75, 3.05) is 17.7 Å². The van der Waals surface area contributed by atoms with Crippen LogP contribution in [-0.4, -0.2) is 17.9 Å². The summed E-state index contributed by atoms with van der Waals surface area (Å²) in [5.41, 5.74) is 3.11. The number of hydrogen-bond donors (Lipinski definition) is 2. The molecule has 0 unspecified atom stereocenters. The molecule has 1 amide bonds. The number of nitrogens with one attached hydrogen (secondary N) is 2. The number of anilines is 2. The van der Waals surface area contributed by atoms with Crippen molar-refractivity contribution in [2.45, 2.75) is 6.92 Å². The van der Waals surface area contributed by atoms with Gasteiger partial charge in [0.15, 0.2) is 0 Å². The number of aryl methyl sites for hydroxylation is 1. The van der Waals surface area contributed by atoms with E-state index in [1.54, 1.807) is 12.3 Å². The predicted molar refractivity (Wildman–Crippen MR) is 72.9 cm³/mol. The third-order valence-electron chi connectivity index (χ3n) is 2.68. The van der Waals surface area contributed by atoms with E-state index >= 15 is 0 Å². The van der Waals surface area contributed by atoms with Crippen molar-refractivity contribution in [1.29, 1.82) is 0 Å². The lowest BCUT2D eigenvalue weighted by Crippen LogP contribution is -2.14. The maximum absolute atomic E-state index is 12.0. The number of rotatable bonds is 3. The van der Waals surface area contributed by atoms with Crippen LogP contribution in [0.5, 0.6) is 0 Å². The third-order valence-corrected chi connectivity index (χ3v) is 2.68. The van der Waals surface area contributed by atoms with E-state index in [2.05, 4.69) is 15.6 Å². The molecule has 18 heavy (non-hydrogen) atoms. The quantitative estimate of drug-likeness (QED) is 0.868. The predicted octanol–water partition coefficient (Wildman–Crippen LogP) is 2.68. The summed E-state index contributed by atoms with van der Waals surface area (Å²) in [5.74, 6) is -0.202. The number of nitrogens with zero attached hydrogens (tertiary/aromatic N) is 1. The van der Waals surface area contributed by atoms with Gasteiger partial charge in [0.2, 0.25) is 0 Å². The zero-order chi connectivity index (χ0) is 13.0. The molecule has 0 bridgehead atoms. The number of hydrogen-bond acceptors (Lipinski definition) is 3. The Labute approximate surface area is 106 Å². The van der Waals surface area contributed by atoms with Crippen LogP contribution < -0.4 is 10.6 Å².